The third kappa shape index (κ3) is 3.21. The smallest absolute Gasteiger partial charge is 0.296 e. The zero-order chi connectivity index (χ0) is 19.8. The lowest BCUT2D eigenvalue weighted by molar-refractivity contribution is 0.0980. The maximum atomic E-state index is 13.3. The summed E-state index contributed by atoms with van der Waals surface area (Å²) in [5.41, 5.74) is 4.95. The molecule has 5 heteroatoms. The second kappa shape index (κ2) is 7.02. The number of amides is 1. The number of para-hydroxylation sites is 2. The minimum Gasteiger partial charge on any atom is -0.340 e. The van der Waals surface area contributed by atoms with E-state index in [0.717, 1.165) is 34.3 Å². The lowest BCUT2D eigenvalue weighted by atomic mass is 10.2. The Morgan fingerprint density at radius 3 is 2.69 bits per heavy atom. The van der Waals surface area contributed by atoms with Gasteiger partial charge in [0.25, 0.3) is 5.91 Å². The van der Waals surface area contributed by atoms with Gasteiger partial charge in [-0.2, -0.15) is 0 Å². The Bertz CT molecular complexity index is 1230. The zero-order valence-electron chi connectivity index (χ0n) is 16.1. The van der Waals surface area contributed by atoms with E-state index in [1.165, 1.54) is 5.56 Å². The molecule has 0 spiro atoms. The van der Waals surface area contributed by atoms with Gasteiger partial charge in [0, 0.05) is 23.3 Å². The number of rotatable bonds is 3. The monoisotopic (exact) mass is 380 g/mol. The summed E-state index contributed by atoms with van der Waals surface area (Å²) < 4.78 is 0. The molecule has 0 bridgehead atoms. The van der Waals surface area contributed by atoms with E-state index in [-0.39, 0.29) is 11.7 Å². The van der Waals surface area contributed by atoms with Gasteiger partial charge in [0.05, 0.1) is 5.52 Å². The maximum Gasteiger partial charge on any atom is 0.296 e. The number of hydrogen-bond acceptors (Lipinski definition) is 4. The van der Waals surface area contributed by atoms with E-state index in [0.29, 0.717) is 12.4 Å². The largest absolute Gasteiger partial charge is 0.340 e. The minimum atomic E-state index is -0.173. The van der Waals surface area contributed by atoms with Gasteiger partial charge in [-0.05, 0) is 54.8 Å². The molecule has 0 fully saturated rings. The molecule has 0 saturated carbocycles. The molecule has 1 aliphatic heterocycles. The molecule has 1 aliphatic rings. The fourth-order valence-corrected chi connectivity index (χ4v) is 3.80. The number of aryl methyl sites for hydroxylation is 1. The quantitative estimate of drug-likeness (QED) is 0.550. The van der Waals surface area contributed by atoms with Gasteiger partial charge in [0.1, 0.15) is 5.82 Å². The summed E-state index contributed by atoms with van der Waals surface area (Å²) in [6, 6.07) is 23.8. The molecule has 3 aromatic carbocycles. The molecule has 1 N–H and O–H groups in total. The summed E-state index contributed by atoms with van der Waals surface area (Å²) in [7, 11) is 0. The first-order valence-corrected chi connectivity index (χ1v) is 9.69. The van der Waals surface area contributed by atoms with Crippen LogP contribution in [-0.4, -0.2) is 22.4 Å². The van der Waals surface area contributed by atoms with E-state index in [1.807, 2.05) is 67.6 Å². The van der Waals surface area contributed by atoms with Crippen molar-refractivity contribution in [1.82, 2.24) is 9.97 Å². The highest BCUT2D eigenvalue weighted by atomic mass is 16.2. The van der Waals surface area contributed by atoms with E-state index < -0.39 is 0 Å². The molecular formula is C24H20N4O. The zero-order valence-corrected chi connectivity index (χ0v) is 16.1. The van der Waals surface area contributed by atoms with Crippen molar-refractivity contribution in [3.63, 3.8) is 0 Å². The van der Waals surface area contributed by atoms with E-state index >= 15 is 0 Å². The Balaban J connectivity index is 1.57. The van der Waals surface area contributed by atoms with Crippen LogP contribution < -0.4 is 10.2 Å². The van der Waals surface area contributed by atoms with Crippen molar-refractivity contribution >= 4 is 34.0 Å². The number of aromatic nitrogens is 2. The third-order valence-electron chi connectivity index (χ3n) is 5.21. The Morgan fingerprint density at radius 1 is 0.966 bits per heavy atom. The molecule has 142 valence electrons. The number of carbonyl (C=O) groups is 1. The molecule has 29 heavy (non-hydrogen) atoms. The molecule has 1 amide bonds. The maximum absolute atomic E-state index is 13.3. The van der Waals surface area contributed by atoms with Gasteiger partial charge in [-0.3, -0.25) is 4.79 Å². The molecular weight excluding hydrogens is 360 g/mol. The predicted octanol–water partition coefficient (Wildman–Crippen LogP) is 4.88. The van der Waals surface area contributed by atoms with Crippen LogP contribution in [0, 0.1) is 6.92 Å². The third-order valence-corrected chi connectivity index (χ3v) is 5.21. The van der Waals surface area contributed by atoms with Crippen molar-refractivity contribution in [3.8, 4) is 0 Å². The molecule has 0 radical (unpaired) electrons. The normalized spacial score (nSPS) is 12.8. The molecule has 0 unspecified atom stereocenters. The van der Waals surface area contributed by atoms with Crippen LogP contribution in [-0.2, 0) is 6.42 Å². The lowest BCUT2D eigenvalue weighted by Gasteiger charge is -2.17. The number of carbonyl (C=O) groups excluding carboxylic acids is 1. The number of fused-ring (bicyclic) bond motifs is 2. The van der Waals surface area contributed by atoms with E-state index in [2.05, 4.69) is 27.4 Å². The van der Waals surface area contributed by atoms with Gasteiger partial charge in [-0.15, -0.1) is 0 Å². The number of nitrogens with zero attached hydrogens (tertiary/aromatic N) is 3. The van der Waals surface area contributed by atoms with Gasteiger partial charge < -0.3 is 10.2 Å². The summed E-state index contributed by atoms with van der Waals surface area (Å²) in [5.74, 6) is 0.667. The van der Waals surface area contributed by atoms with Gasteiger partial charge in [-0.25, -0.2) is 9.97 Å². The fourth-order valence-electron chi connectivity index (χ4n) is 3.80. The topological polar surface area (TPSA) is 58.1 Å². The number of hydrogen-bond donors (Lipinski definition) is 1. The summed E-state index contributed by atoms with van der Waals surface area (Å²) in [6.45, 7) is 2.69. The minimum absolute atomic E-state index is 0.173. The fraction of sp³-hybridized carbons (Fsp3) is 0.125. The van der Waals surface area contributed by atoms with Crippen molar-refractivity contribution in [2.75, 3.05) is 16.8 Å². The predicted molar refractivity (Wildman–Crippen MR) is 116 cm³/mol. The molecule has 5 nitrogen and oxygen atoms in total. The van der Waals surface area contributed by atoms with Gasteiger partial charge >= 0.3 is 0 Å². The standard InChI is InChI=1S/C24H20N4O/c1-16-7-6-9-18(15-16)25-22-19-10-3-4-11-20(19)26-23(27-22)24(29)28-14-13-17-8-2-5-12-21(17)28/h2-12,15H,13-14H2,1H3,(H,25,26,27). The molecule has 4 aromatic rings. The summed E-state index contributed by atoms with van der Waals surface area (Å²) in [6.07, 6.45) is 0.851. The second-order valence-electron chi connectivity index (χ2n) is 7.24. The van der Waals surface area contributed by atoms with Crippen molar-refractivity contribution in [2.45, 2.75) is 13.3 Å². The highest BCUT2D eigenvalue weighted by molar-refractivity contribution is 6.06. The first kappa shape index (κ1) is 17.4. The molecule has 0 saturated heterocycles. The first-order valence-electron chi connectivity index (χ1n) is 9.69. The molecule has 5 rings (SSSR count). The summed E-state index contributed by atoms with van der Waals surface area (Å²) in [5, 5.41) is 4.25. The van der Waals surface area contributed by atoms with Gasteiger partial charge in [-0.1, -0.05) is 42.5 Å². The molecule has 0 aliphatic carbocycles. The second-order valence-corrected chi connectivity index (χ2v) is 7.24. The number of benzene rings is 3. The van der Waals surface area contributed by atoms with Crippen molar-refractivity contribution in [1.29, 1.82) is 0 Å². The van der Waals surface area contributed by atoms with Crippen LogP contribution in [0.4, 0.5) is 17.2 Å². The van der Waals surface area contributed by atoms with Crippen molar-refractivity contribution < 1.29 is 4.79 Å². The number of anilines is 3. The van der Waals surface area contributed by atoms with Crippen LogP contribution >= 0.6 is 0 Å². The summed E-state index contributed by atoms with van der Waals surface area (Å²) >= 11 is 0. The van der Waals surface area contributed by atoms with Crippen LogP contribution in [0.5, 0.6) is 0 Å². The Kier molecular flexibility index (Phi) is 4.21. The molecule has 1 aromatic heterocycles. The van der Waals surface area contributed by atoms with Crippen LogP contribution in [0.1, 0.15) is 21.7 Å². The van der Waals surface area contributed by atoms with Crippen molar-refractivity contribution in [2.24, 2.45) is 0 Å². The Hall–Kier alpha value is -3.73. The van der Waals surface area contributed by atoms with Crippen LogP contribution in [0.3, 0.4) is 0 Å². The summed E-state index contributed by atoms with van der Waals surface area (Å²) in [4.78, 5) is 24.3. The average Bonchev–Trinajstić information content (AvgIpc) is 3.17. The SMILES string of the molecule is Cc1cccc(Nc2nc(C(=O)N3CCc4ccccc43)nc3ccccc23)c1. The average molecular weight is 380 g/mol. The number of nitrogens with one attached hydrogen (secondary N) is 1. The van der Waals surface area contributed by atoms with E-state index in [9.17, 15) is 4.79 Å². The highest BCUT2D eigenvalue weighted by Crippen LogP contribution is 2.30. The van der Waals surface area contributed by atoms with E-state index in [1.54, 1.807) is 4.90 Å². The first-order chi connectivity index (χ1) is 14.2. The van der Waals surface area contributed by atoms with Gasteiger partial charge in [0.15, 0.2) is 0 Å². The Morgan fingerprint density at radius 2 is 1.79 bits per heavy atom. The van der Waals surface area contributed by atoms with Crippen LogP contribution in [0.15, 0.2) is 72.8 Å². The Labute approximate surface area is 169 Å². The lowest BCUT2D eigenvalue weighted by Crippen LogP contribution is -2.30. The van der Waals surface area contributed by atoms with Crippen LogP contribution in [0.2, 0.25) is 0 Å². The molecule has 2 heterocycles. The van der Waals surface area contributed by atoms with Gasteiger partial charge in [0.2, 0.25) is 5.82 Å². The van der Waals surface area contributed by atoms with Crippen molar-refractivity contribution in [3.05, 3.63) is 89.7 Å². The highest BCUT2D eigenvalue weighted by Gasteiger charge is 2.27. The molecule has 0 atom stereocenters. The van der Waals surface area contributed by atoms with E-state index in [4.69, 9.17) is 0 Å². The van der Waals surface area contributed by atoms with Crippen LogP contribution in [0.25, 0.3) is 10.9 Å².